The van der Waals surface area contributed by atoms with Crippen molar-refractivity contribution < 1.29 is 19.7 Å². The van der Waals surface area contributed by atoms with E-state index in [1.165, 1.54) is 24.1 Å². The van der Waals surface area contributed by atoms with Gasteiger partial charge in [-0.2, -0.15) is 10.5 Å². The second-order valence-corrected chi connectivity index (χ2v) is 5.88. The highest BCUT2D eigenvalue weighted by atomic mass is 16.5. The first-order valence-corrected chi connectivity index (χ1v) is 8.25. The maximum atomic E-state index is 12.5. The lowest BCUT2D eigenvalue weighted by molar-refractivity contribution is -0.125. The Kier molecular flexibility index (Phi) is 6.56. The number of aromatic nitrogens is 1. The van der Waals surface area contributed by atoms with E-state index in [0.717, 1.165) is 0 Å². The van der Waals surface area contributed by atoms with Crippen molar-refractivity contribution in [1.82, 2.24) is 9.88 Å². The largest absolute Gasteiger partial charge is 0.506 e. The van der Waals surface area contributed by atoms with Crippen molar-refractivity contribution in [3.63, 3.8) is 0 Å². The maximum Gasteiger partial charge on any atom is 0.268 e. The summed E-state index contributed by atoms with van der Waals surface area (Å²) in [4.78, 5) is 17.8. The zero-order valence-corrected chi connectivity index (χ0v) is 15.4. The topological polar surface area (TPSA) is 130 Å². The monoisotopic (exact) mass is 378 g/mol. The Bertz CT molecular complexity index is 988. The van der Waals surface area contributed by atoms with Gasteiger partial charge >= 0.3 is 0 Å². The fraction of sp³-hybridized carbons (Fsp3) is 0.200. The molecule has 0 aliphatic carbocycles. The number of phenolic OH excluding ortho intramolecular Hbond substituents is 1. The molecule has 0 saturated heterocycles. The number of aryl methyl sites for hydroxylation is 1. The van der Waals surface area contributed by atoms with Crippen molar-refractivity contribution in [2.45, 2.75) is 6.92 Å². The van der Waals surface area contributed by atoms with E-state index < -0.39 is 17.2 Å². The molecule has 0 saturated carbocycles. The first-order valence-electron chi connectivity index (χ1n) is 8.25. The number of carbonyl (C=O) groups is 1. The molecule has 28 heavy (non-hydrogen) atoms. The van der Waals surface area contributed by atoms with Gasteiger partial charge in [0.1, 0.15) is 30.3 Å². The van der Waals surface area contributed by atoms with E-state index >= 15 is 0 Å². The molecule has 1 amide bonds. The third kappa shape index (κ3) is 4.57. The molecule has 8 nitrogen and oxygen atoms in total. The number of hydrogen-bond donors (Lipinski definition) is 2. The third-order valence-electron chi connectivity index (χ3n) is 3.92. The van der Waals surface area contributed by atoms with Crippen LogP contribution in [0.4, 0.5) is 0 Å². The van der Waals surface area contributed by atoms with Gasteiger partial charge in [0.25, 0.3) is 5.91 Å². The molecule has 0 radical (unpaired) electrons. The summed E-state index contributed by atoms with van der Waals surface area (Å²) in [6.45, 7) is 1.85. The van der Waals surface area contributed by atoms with Crippen LogP contribution in [0.2, 0.25) is 0 Å². The average Bonchev–Trinajstić information content (AvgIpc) is 2.70. The molecule has 2 aromatic rings. The number of hydrogen-bond acceptors (Lipinski definition) is 7. The van der Waals surface area contributed by atoms with E-state index in [4.69, 9.17) is 10.00 Å². The van der Waals surface area contributed by atoms with Crippen LogP contribution in [0.3, 0.4) is 0 Å². The summed E-state index contributed by atoms with van der Waals surface area (Å²) < 4.78 is 5.41. The van der Waals surface area contributed by atoms with Crippen molar-refractivity contribution in [1.29, 1.82) is 10.5 Å². The quantitative estimate of drug-likeness (QED) is 0.448. The number of amides is 1. The maximum absolute atomic E-state index is 12.5. The van der Waals surface area contributed by atoms with Gasteiger partial charge in [0, 0.05) is 24.9 Å². The third-order valence-corrected chi connectivity index (χ3v) is 3.92. The Morgan fingerprint density at radius 3 is 2.68 bits per heavy atom. The predicted molar refractivity (Wildman–Crippen MR) is 100 cm³/mol. The van der Waals surface area contributed by atoms with Crippen LogP contribution in [-0.2, 0) is 4.79 Å². The van der Waals surface area contributed by atoms with Crippen LogP contribution in [0.5, 0.6) is 11.6 Å². The molecule has 0 bridgehead atoms. The lowest BCUT2D eigenvalue weighted by Crippen LogP contribution is -2.32. The van der Waals surface area contributed by atoms with E-state index in [2.05, 4.69) is 4.98 Å². The van der Waals surface area contributed by atoms with Gasteiger partial charge < -0.3 is 19.8 Å². The van der Waals surface area contributed by atoms with Gasteiger partial charge in [-0.15, -0.1) is 0 Å². The van der Waals surface area contributed by atoms with Crippen LogP contribution in [-0.4, -0.2) is 46.2 Å². The van der Waals surface area contributed by atoms with Crippen LogP contribution in [0.15, 0.2) is 42.1 Å². The van der Waals surface area contributed by atoms with Crippen LogP contribution in [0.25, 0.3) is 5.76 Å². The number of rotatable bonds is 6. The highest BCUT2D eigenvalue weighted by molar-refractivity contribution is 6.03. The fourth-order valence-electron chi connectivity index (χ4n) is 2.36. The number of likely N-dealkylation sites (N-methyl/N-ethyl adjacent to an activating group) is 1. The van der Waals surface area contributed by atoms with Gasteiger partial charge in [-0.05, 0) is 30.7 Å². The molecule has 0 aliphatic rings. The number of phenols is 1. The molecule has 2 N–H and O–H groups in total. The number of pyridine rings is 1. The molecule has 0 aliphatic heterocycles. The lowest BCUT2D eigenvalue weighted by Gasteiger charge is -2.17. The summed E-state index contributed by atoms with van der Waals surface area (Å²) in [5, 5.41) is 38.7. The molecular weight excluding hydrogens is 360 g/mol. The zero-order valence-electron chi connectivity index (χ0n) is 15.4. The molecule has 1 heterocycles. The number of carbonyl (C=O) groups excluding carboxylic acids is 1. The molecule has 0 atom stereocenters. The number of aliphatic hydroxyl groups is 1. The Balaban J connectivity index is 2.18. The van der Waals surface area contributed by atoms with E-state index in [1.54, 1.807) is 43.5 Å². The number of aliphatic hydroxyl groups excluding tert-OH is 1. The van der Waals surface area contributed by atoms with Gasteiger partial charge in [-0.1, -0.05) is 6.07 Å². The van der Waals surface area contributed by atoms with Gasteiger partial charge in [0.05, 0.1) is 12.1 Å². The summed E-state index contributed by atoms with van der Waals surface area (Å²) in [5.74, 6) is -1.07. The first kappa shape index (κ1) is 20.3. The van der Waals surface area contributed by atoms with Crippen LogP contribution in [0.1, 0.15) is 16.7 Å². The summed E-state index contributed by atoms with van der Waals surface area (Å²) >= 11 is 0. The van der Waals surface area contributed by atoms with E-state index in [-0.39, 0.29) is 30.0 Å². The normalized spacial score (nSPS) is 11.0. The molecule has 0 fully saturated rings. The van der Waals surface area contributed by atoms with E-state index in [9.17, 15) is 20.3 Å². The lowest BCUT2D eigenvalue weighted by atomic mass is 10.0. The standard InChI is InChI=1S/C20H18N4O4/c1-13-9-14(10-15(11-21)18(13)25)19(26)16(12-22)20(27)24(2)7-8-28-17-5-3-4-6-23-17/h3-6,9-10,25-26H,7-8H2,1-2H3/b19-16-. The molecule has 1 aromatic carbocycles. The fourth-order valence-corrected chi connectivity index (χ4v) is 2.36. The Morgan fingerprint density at radius 1 is 1.32 bits per heavy atom. The van der Waals surface area contributed by atoms with Crippen molar-refractivity contribution in [2.75, 3.05) is 20.2 Å². The average molecular weight is 378 g/mol. The molecule has 8 heteroatoms. The van der Waals surface area contributed by atoms with Gasteiger partial charge in [0.15, 0.2) is 5.57 Å². The molecule has 2 rings (SSSR count). The summed E-state index contributed by atoms with van der Waals surface area (Å²) in [5.41, 5.74) is -0.116. The summed E-state index contributed by atoms with van der Waals surface area (Å²) in [6.07, 6.45) is 1.58. The number of nitrogens with zero attached hydrogens (tertiary/aromatic N) is 4. The molecule has 0 spiro atoms. The number of nitriles is 2. The zero-order chi connectivity index (χ0) is 20.7. The number of aromatic hydroxyl groups is 1. The minimum atomic E-state index is -0.700. The van der Waals surface area contributed by atoms with E-state index in [1.807, 2.05) is 0 Å². The molecule has 1 aromatic heterocycles. The summed E-state index contributed by atoms with van der Waals surface area (Å²) in [6, 6.07) is 11.3. The van der Waals surface area contributed by atoms with E-state index in [0.29, 0.717) is 11.4 Å². The molecule has 142 valence electrons. The SMILES string of the molecule is Cc1cc(/C(O)=C(\C#N)C(=O)N(C)CCOc2ccccn2)cc(C#N)c1O. The van der Waals surface area contributed by atoms with Crippen LogP contribution < -0.4 is 4.74 Å². The summed E-state index contributed by atoms with van der Waals surface area (Å²) in [7, 11) is 1.47. The smallest absolute Gasteiger partial charge is 0.268 e. The molecular formula is C20H18N4O4. The first-order chi connectivity index (χ1) is 13.4. The van der Waals surface area contributed by atoms with Crippen molar-refractivity contribution in [3.05, 3.63) is 58.8 Å². The minimum Gasteiger partial charge on any atom is -0.506 e. The van der Waals surface area contributed by atoms with Crippen molar-refractivity contribution in [3.8, 4) is 23.8 Å². The van der Waals surface area contributed by atoms with Crippen LogP contribution >= 0.6 is 0 Å². The van der Waals surface area contributed by atoms with Crippen molar-refractivity contribution >= 4 is 11.7 Å². The Morgan fingerprint density at radius 2 is 2.07 bits per heavy atom. The Hall–Kier alpha value is -4.04. The minimum absolute atomic E-state index is 0.0663. The predicted octanol–water partition coefficient (Wildman–Crippen LogP) is 2.30. The second-order valence-electron chi connectivity index (χ2n) is 5.88. The Labute approximate surface area is 162 Å². The molecule has 0 unspecified atom stereocenters. The van der Waals surface area contributed by atoms with Gasteiger partial charge in [-0.3, -0.25) is 4.79 Å². The number of ether oxygens (including phenoxy) is 1. The second kappa shape index (κ2) is 9.06. The highest BCUT2D eigenvalue weighted by Gasteiger charge is 2.21. The van der Waals surface area contributed by atoms with Gasteiger partial charge in [0.2, 0.25) is 5.88 Å². The van der Waals surface area contributed by atoms with Crippen LogP contribution in [0, 0.1) is 29.6 Å². The highest BCUT2D eigenvalue weighted by Crippen LogP contribution is 2.27. The van der Waals surface area contributed by atoms with Gasteiger partial charge in [-0.25, -0.2) is 4.98 Å². The number of benzene rings is 1. The van der Waals surface area contributed by atoms with Crippen molar-refractivity contribution in [2.24, 2.45) is 0 Å².